The minimum Gasteiger partial charge on any atom is -0.489 e. The highest BCUT2D eigenvalue weighted by Gasteiger charge is 2.33. The zero-order valence-corrected chi connectivity index (χ0v) is 9.79. The number of rotatable bonds is 3. The van der Waals surface area contributed by atoms with Crippen LogP contribution in [0.1, 0.15) is 32.1 Å². The van der Waals surface area contributed by atoms with Crippen molar-refractivity contribution in [3.8, 4) is 11.8 Å². The lowest BCUT2D eigenvalue weighted by atomic mass is 9.76. The molecule has 0 unspecified atom stereocenters. The Hall–Kier alpha value is -1.56. The van der Waals surface area contributed by atoms with Crippen molar-refractivity contribution < 1.29 is 9.13 Å². The summed E-state index contributed by atoms with van der Waals surface area (Å²) < 4.78 is 18.8. The summed E-state index contributed by atoms with van der Waals surface area (Å²) >= 11 is 0. The Bertz CT molecular complexity index is 418. The fourth-order valence-corrected chi connectivity index (χ4v) is 2.29. The number of hydrogen-bond acceptors (Lipinski definition) is 2. The van der Waals surface area contributed by atoms with Crippen LogP contribution < -0.4 is 4.74 Å². The van der Waals surface area contributed by atoms with Crippen LogP contribution >= 0.6 is 0 Å². The Labute approximate surface area is 101 Å². The van der Waals surface area contributed by atoms with Gasteiger partial charge in [-0.05, 0) is 25.0 Å². The van der Waals surface area contributed by atoms with Crippen LogP contribution in [-0.4, -0.2) is 6.61 Å². The van der Waals surface area contributed by atoms with E-state index in [0.29, 0.717) is 6.61 Å². The molecule has 1 aromatic rings. The van der Waals surface area contributed by atoms with Crippen LogP contribution in [0.3, 0.4) is 0 Å². The van der Waals surface area contributed by atoms with Gasteiger partial charge in [-0.15, -0.1) is 0 Å². The van der Waals surface area contributed by atoms with E-state index in [1.807, 2.05) is 0 Å². The minimum absolute atomic E-state index is 0.243. The number of benzene rings is 1. The summed E-state index contributed by atoms with van der Waals surface area (Å²) in [6, 6.07) is 8.69. The standard InChI is InChI=1S/C14H16FNO/c15-12-6-2-3-7-13(12)17-11-14(10-16)8-4-1-5-9-14/h2-3,6-7H,1,4-5,8-9,11H2. The maximum atomic E-state index is 13.4. The van der Waals surface area contributed by atoms with Gasteiger partial charge in [0.05, 0.1) is 11.5 Å². The Morgan fingerprint density at radius 2 is 1.94 bits per heavy atom. The van der Waals surface area contributed by atoms with E-state index < -0.39 is 5.41 Å². The molecule has 0 saturated heterocycles. The average molecular weight is 233 g/mol. The molecule has 2 rings (SSSR count). The third-order valence-electron chi connectivity index (χ3n) is 3.39. The first kappa shape index (κ1) is 11.9. The first-order valence-corrected chi connectivity index (χ1v) is 6.04. The number of hydrogen-bond donors (Lipinski definition) is 0. The van der Waals surface area contributed by atoms with E-state index in [9.17, 15) is 9.65 Å². The monoisotopic (exact) mass is 233 g/mol. The molecule has 90 valence electrons. The van der Waals surface area contributed by atoms with Gasteiger partial charge in [-0.2, -0.15) is 5.26 Å². The maximum Gasteiger partial charge on any atom is 0.165 e. The first-order valence-electron chi connectivity index (χ1n) is 6.04. The van der Waals surface area contributed by atoms with Gasteiger partial charge in [0.1, 0.15) is 6.61 Å². The van der Waals surface area contributed by atoms with Crippen LogP contribution in [0.2, 0.25) is 0 Å². The molecule has 1 aliphatic carbocycles. The molecule has 0 aromatic heterocycles. The summed E-state index contributed by atoms with van der Waals surface area (Å²) in [6.07, 6.45) is 5.03. The number of para-hydroxylation sites is 1. The molecule has 0 bridgehead atoms. The van der Waals surface area contributed by atoms with Crippen LogP contribution in [0.4, 0.5) is 4.39 Å². The van der Waals surface area contributed by atoms with Gasteiger partial charge in [-0.25, -0.2) is 4.39 Å². The second-order valence-electron chi connectivity index (χ2n) is 4.67. The van der Waals surface area contributed by atoms with Crippen LogP contribution in [0, 0.1) is 22.6 Å². The quantitative estimate of drug-likeness (QED) is 0.797. The molecule has 0 aliphatic heterocycles. The lowest BCUT2D eigenvalue weighted by Gasteiger charge is -2.30. The Balaban J connectivity index is 2.01. The Morgan fingerprint density at radius 1 is 1.24 bits per heavy atom. The predicted octanol–water partition coefficient (Wildman–Crippen LogP) is 3.68. The third-order valence-corrected chi connectivity index (χ3v) is 3.39. The zero-order valence-electron chi connectivity index (χ0n) is 9.79. The van der Waals surface area contributed by atoms with Crippen LogP contribution in [0.15, 0.2) is 24.3 Å². The third kappa shape index (κ3) is 2.76. The molecule has 17 heavy (non-hydrogen) atoms. The van der Waals surface area contributed by atoms with E-state index >= 15 is 0 Å². The number of nitrogens with zero attached hydrogens (tertiary/aromatic N) is 1. The zero-order chi connectivity index (χ0) is 12.1. The number of nitriles is 1. The molecule has 1 aromatic carbocycles. The van der Waals surface area contributed by atoms with E-state index in [2.05, 4.69) is 6.07 Å². The summed E-state index contributed by atoms with van der Waals surface area (Å²) in [5.74, 6) is -0.121. The van der Waals surface area contributed by atoms with Crippen molar-refractivity contribution >= 4 is 0 Å². The number of ether oxygens (including phenoxy) is 1. The molecule has 0 spiro atoms. The molecule has 0 amide bonds. The summed E-state index contributed by atoms with van der Waals surface area (Å²) in [7, 11) is 0. The van der Waals surface area contributed by atoms with Gasteiger partial charge in [0.25, 0.3) is 0 Å². The van der Waals surface area contributed by atoms with E-state index in [1.54, 1.807) is 18.2 Å². The molecule has 1 saturated carbocycles. The topological polar surface area (TPSA) is 33.0 Å². The van der Waals surface area contributed by atoms with E-state index in [-0.39, 0.29) is 11.6 Å². The van der Waals surface area contributed by atoms with E-state index in [4.69, 9.17) is 4.74 Å². The van der Waals surface area contributed by atoms with Crippen LogP contribution in [-0.2, 0) is 0 Å². The van der Waals surface area contributed by atoms with Crippen molar-refractivity contribution in [2.75, 3.05) is 6.61 Å². The Kier molecular flexibility index (Phi) is 3.63. The summed E-state index contributed by atoms with van der Waals surface area (Å²) in [5.41, 5.74) is -0.416. The minimum atomic E-state index is -0.416. The van der Waals surface area contributed by atoms with Gasteiger partial charge in [-0.1, -0.05) is 31.4 Å². The largest absolute Gasteiger partial charge is 0.489 e. The van der Waals surface area contributed by atoms with Crippen molar-refractivity contribution in [1.29, 1.82) is 5.26 Å². The van der Waals surface area contributed by atoms with Gasteiger partial charge < -0.3 is 4.74 Å². The van der Waals surface area contributed by atoms with Gasteiger partial charge in [0.15, 0.2) is 11.6 Å². The Morgan fingerprint density at radius 3 is 2.59 bits per heavy atom. The summed E-state index contributed by atoms with van der Waals surface area (Å²) in [5, 5.41) is 9.27. The van der Waals surface area contributed by atoms with Crippen molar-refractivity contribution in [3.63, 3.8) is 0 Å². The molecule has 3 heteroatoms. The SMILES string of the molecule is N#CC1(COc2ccccc2F)CCCCC1. The average Bonchev–Trinajstić information content (AvgIpc) is 2.39. The number of halogens is 1. The lowest BCUT2D eigenvalue weighted by molar-refractivity contribution is 0.146. The molecule has 1 aliphatic rings. The van der Waals surface area contributed by atoms with Crippen LogP contribution in [0.25, 0.3) is 0 Å². The fraction of sp³-hybridized carbons (Fsp3) is 0.500. The molecular formula is C14H16FNO. The second kappa shape index (κ2) is 5.18. The molecule has 2 nitrogen and oxygen atoms in total. The maximum absolute atomic E-state index is 13.4. The molecular weight excluding hydrogens is 217 g/mol. The van der Waals surface area contributed by atoms with E-state index in [1.165, 1.54) is 12.5 Å². The van der Waals surface area contributed by atoms with Crippen molar-refractivity contribution in [3.05, 3.63) is 30.1 Å². The highest BCUT2D eigenvalue weighted by molar-refractivity contribution is 5.24. The highest BCUT2D eigenvalue weighted by Crippen LogP contribution is 2.36. The smallest absolute Gasteiger partial charge is 0.165 e. The molecule has 0 N–H and O–H groups in total. The highest BCUT2D eigenvalue weighted by atomic mass is 19.1. The van der Waals surface area contributed by atoms with Gasteiger partial charge >= 0.3 is 0 Å². The lowest BCUT2D eigenvalue weighted by Crippen LogP contribution is -2.29. The van der Waals surface area contributed by atoms with Crippen molar-refractivity contribution in [1.82, 2.24) is 0 Å². The van der Waals surface area contributed by atoms with Gasteiger partial charge in [-0.3, -0.25) is 0 Å². The van der Waals surface area contributed by atoms with Gasteiger partial charge in [0.2, 0.25) is 0 Å². The fourth-order valence-electron chi connectivity index (χ4n) is 2.29. The molecule has 0 atom stereocenters. The van der Waals surface area contributed by atoms with Crippen molar-refractivity contribution in [2.45, 2.75) is 32.1 Å². The normalized spacial score (nSPS) is 18.4. The summed E-state index contributed by atoms with van der Waals surface area (Å²) in [4.78, 5) is 0. The van der Waals surface area contributed by atoms with E-state index in [0.717, 1.165) is 25.7 Å². The first-order chi connectivity index (χ1) is 8.26. The van der Waals surface area contributed by atoms with Crippen molar-refractivity contribution in [2.24, 2.45) is 5.41 Å². The summed E-state index contributed by atoms with van der Waals surface area (Å²) in [6.45, 7) is 0.296. The van der Waals surface area contributed by atoms with Gasteiger partial charge in [0, 0.05) is 0 Å². The molecule has 1 fully saturated rings. The molecule has 0 heterocycles. The second-order valence-corrected chi connectivity index (χ2v) is 4.67. The molecule has 0 radical (unpaired) electrons. The predicted molar refractivity (Wildman–Crippen MR) is 63.0 cm³/mol. The van der Waals surface area contributed by atoms with Crippen LogP contribution in [0.5, 0.6) is 5.75 Å².